The van der Waals surface area contributed by atoms with Crippen molar-refractivity contribution in [2.45, 2.75) is 0 Å². The van der Waals surface area contributed by atoms with Crippen LogP contribution in [-0.4, -0.2) is 11.9 Å². The second-order valence-electron chi connectivity index (χ2n) is 4.03. The number of halogens is 1. The van der Waals surface area contributed by atoms with Crippen LogP contribution in [0.4, 0.5) is 5.69 Å². The zero-order valence-corrected chi connectivity index (χ0v) is 11.8. The Morgan fingerprint density at radius 2 is 1.76 bits per heavy atom. The zero-order valence-electron chi connectivity index (χ0n) is 11.0. The van der Waals surface area contributed by atoms with E-state index in [0.29, 0.717) is 22.2 Å². The van der Waals surface area contributed by atoms with Crippen molar-refractivity contribution >= 4 is 29.2 Å². The number of aliphatic imine (C=N–C) groups is 2. The van der Waals surface area contributed by atoms with Gasteiger partial charge in [0, 0.05) is 5.02 Å². The van der Waals surface area contributed by atoms with E-state index in [4.69, 9.17) is 33.5 Å². The monoisotopic (exact) mass is 303 g/mol. The van der Waals surface area contributed by atoms with Gasteiger partial charge < -0.3 is 21.9 Å². The topological polar surface area (TPSA) is 112 Å². The Balaban J connectivity index is 2.31. The molecule has 0 spiro atoms. The van der Waals surface area contributed by atoms with Crippen molar-refractivity contribution < 1.29 is 4.74 Å². The van der Waals surface area contributed by atoms with Crippen LogP contribution in [0.3, 0.4) is 0 Å². The van der Waals surface area contributed by atoms with E-state index in [1.54, 1.807) is 42.5 Å². The van der Waals surface area contributed by atoms with Gasteiger partial charge in [0.15, 0.2) is 11.7 Å². The molecule has 0 aliphatic carbocycles. The van der Waals surface area contributed by atoms with Crippen LogP contribution in [0.15, 0.2) is 58.5 Å². The summed E-state index contributed by atoms with van der Waals surface area (Å²) in [6, 6.07) is 14.1. The van der Waals surface area contributed by atoms with Crippen molar-refractivity contribution in [1.82, 2.24) is 0 Å². The average Bonchev–Trinajstić information content (AvgIpc) is 2.40. The third-order valence-corrected chi connectivity index (χ3v) is 2.60. The Kier molecular flexibility index (Phi) is 4.63. The smallest absolute Gasteiger partial charge is 0.223 e. The molecular weight excluding hydrogens is 290 g/mol. The summed E-state index contributed by atoms with van der Waals surface area (Å²) >= 11 is 5.92. The van der Waals surface area contributed by atoms with E-state index in [9.17, 15) is 0 Å². The van der Waals surface area contributed by atoms with Gasteiger partial charge in [0.2, 0.25) is 5.96 Å². The SMILES string of the molecule is NC(N)=NC(N)=Nc1ccccc1Oc1cccc(Cl)c1. The highest BCUT2D eigenvalue weighted by Gasteiger charge is 2.05. The van der Waals surface area contributed by atoms with Gasteiger partial charge in [-0.05, 0) is 30.3 Å². The molecule has 0 saturated heterocycles. The molecule has 0 aromatic heterocycles. The second-order valence-corrected chi connectivity index (χ2v) is 4.47. The number of guanidine groups is 2. The fraction of sp³-hybridized carbons (Fsp3) is 0. The van der Waals surface area contributed by atoms with Gasteiger partial charge in [0.1, 0.15) is 11.4 Å². The standard InChI is InChI=1S/C14H14ClN5O/c15-9-4-3-5-10(8-9)21-12-7-2-1-6-11(12)19-14(18)20-13(16)17/h1-8H,(H6,16,17,18,19,20). The largest absolute Gasteiger partial charge is 0.455 e. The number of hydrogen-bond donors (Lipinski definition) is 3. The minimum Gasteiger partial charge on any atom is -0.455 e. The molecule has 0 amide bonds. The molecule has 6 nitrogen and oxygen atoms in total. The van der Waals surface area contributed by atoms with Gasteiger partial charge in [-0.15, -0.1) is 0 Å². The van der Waals surface area contributed by atoms with Crippen molar-refractivity contribution in [2.24, 2.45) is 27.2 Å². The highest BCUT2D eigenvalue weighted by Crippen LogP contribution is 2.32. The number of hydrogen-bond acceptors (Lipinski definition) is 2. The fourth-order valence-corrected chi connectivity index (χ4v) is 1.75. The molecule has 0 radical (unpaired) electrons. The van der Waals surface area contributed by atoms with Crippen LogP contribution in [0.25, 0.3) is 0 Å². The quantitative estimate of drug-likeness (QED) is 0.596. The first kappa shape index (κ1) is 14.7. The molecule has 108 valence electrons. The van der Waals surface area contributed by atoms with Crippen LogP contribution in [-0.2, 0) is 0 Å². The van der Waals surface area contributed by atoms with E-state index in [-0.39, 0.29) is 11.9 Å². The van der Waals surface area contributed by atoms with Crippen molar-refractivity contribution in [1.29, 1.82) is 0 Å². The number of rotatable bonds is 3. The Morgan fingerprint density at radius 1 is 1.00 bits per heavy atom. The van der Waals surface area contributed by atoms with Crippen molar-refractivity contribution in [2.75, 3.05) is 0 Å². The molecule has 21 heavy (non-hydrogen) atoms. The number of benzene rings is 2. The fourth-order valence-electron chi connectivity index (χ4n) is 1.57. The van der Waals surface area contributed by atoms with Gasteiger partial charge in [0.05, 0.1) is 0 Å². The molecule has 0 saturated carbocycles. The first-order valence-electron chi connectivity index (χ1n) is 6.01. The van der Waals surface area contributed by atoms with Gasteiger partial charge >= 0.3 is 0 Å². The molecular formula is C14H14ClN5O. The van der Waals surface area contributed by atoms with Crippen molar-refractivity contribution in [3.8, 4) is 11.5 Å². The molecule has 0 aliphatic rings. The summed E-state index contributed by atoms with van der Waals surface area (Å²) < 4.78 is 5.74. The third-order valence-electron chi connectivity index (χ3n) is 2.37. The molecule has 0 bridgehead atoms. The summed E-state index contributed by atoms with van der Waals surface area (Å²) in [7, 11) is 0. The van der Waals surface area contributed by atoms with E-state index in [1.807, 2.05) is 6.07 Å². The van der Waals surface area contributed by atoms with Gasteiger partial charge in [-0.3, -0.25) is 0 Å². The molecule has 0 atom stereocenters. The maximum absolute atomic E-state index is 5.92. The molecule has 0 unspecified atom stereocenters. The van der Waals surface area contributed by atoms with E-state index in [1.165, 1.54) is 0 Å². The summed E-state index contributed by atoms with van der Waals surface area (Å²) in [6.45, 7) is 0. The van der Waals surface area contributed by atoms with E-state index in [0.717, 1.165) is 0 Å². The van der Waals surface area contributed by atoms with Crippen molar-refractivity contribution in [3.05, 3.63) is 53.6 Å². The lowest BCUT2D eigenvalue weighted by molar-refractivity contribution is 0.484. The lowest BCUT2D eigenvalue weighted by atomic mass is 10.3. The van der Waals surface area contributed by atoms with Crippen LogP contribution in [0.2, 0.25) is 5.02 Å². The number of para-hydroxylation sites is 2. The molecule has 0 heterocycles. The summed E-state index contributed by atoms with van der Waals surface area (Å²) in [5.41, 5.74) is 16.6. The minimum atomic E-state index is -0.163. The highest BCUT2D eigenvalue weighted by molar-refractivity contribution is 6.30. The van der Waals surface area contributed by atoms with Crippen LogP contribution in [0.1, 0.15) is 0 Å². The molecule has 2 aromatic carbocycles. The Bertz CT molecular complexity index is 695. The molecule has 0 aliphatic heterocycles. The predicted molar refractivity (Wildman–Crippen MR) is 85.1 cm³/mol. The summed E-state index contributed by atoms with van der Waals surface area (Å²) in [5.74, 6) is 0.876. The molecule has 2 aromatic rings. The second kappa shape index (κ2) is 6.62. The Hall–Kier alpha value is -2.73. The highest BCUT2D eigenvalue weighted by atomic mass is 35.5. The van der Waals surface area contributed by atoms with Crippen LogP contribution < -0.4 is 21.9 Å². The summed E-state index contributed by atoms with van der Waals surface area (Å²) in [4.78, 5) is 7.76. The van der Waals surface area contributed by atoms with Gasteiger partial charge in [-0.2, -0.15) is 4.99 Å². The third kappa shape index (κ3) is 4.39. The van der Waals surface area contributed by atoms with Crippen LogP contribution in [0.5, 0.6) is 11.5 Å². The lowest BCUT2D eigenvalue weighted by Gasteiger charge is -2.08. The maximum Gasteiger partial charge on any atom is 0.223 e. The van der Waals surface area contributed by atoms with Crippen molar-refractivity contribution in [3.63, 3.8) is 0 Å². The van der Waals surface area contributed by atoms with Crippen LogP contribution >= 0.6 is 11.6 Å². The van der Waals surface area contributed by atoms with E-state index < -0.39 is 0 Å². The van der Waals surface area contributed by atoms with E-state index in [2.05, 4.69) is 9.98 Å². The Morgan fingerprint density at radius 3 is 2.48 bits per heavy atom. The molecule has 7 heteroatoms. The zero-order chi connectivity index (χ0) is 15.2. The summed E-state index contributed by atoms with van der Waals surface area (Å²) in [5, 5.41) is 0.577. The minimum absolute atomic E-state index is 0.0582. The first-order valence-corrected chi connectivity index (χ1v) is 6.38. The molecule has 2 rings (SSSR count). The number of ether oxygens (including phenoxy) is 1. The molecule has 6 N–H and O–H groups in total. The number of nitrogens with zero attached hydrogens (tertiary/aromatic N) is 2. The van der Waals surface area contributed by atoms with E-state index >= 15 is 0 Å². The summed E-state index contributed by atoms with van der Waals surface area (Å²) in [6.07, 6.45) is 0. The first-order chi connectivity index (χ1) is 10.0. The average molecular weight is 304 g/mol. The predicted octanol–water partition coefficient (Wildman–Crippen LogP) is 2.35. The molecule has 0 fully saturated rings. The maximum atomic E-state index is 5.92. The number of nitrogens with two attached hydrogens (primary N) is 3. The van der Waals surface area contributed by atoms with Gasteiger partial charge in [-0.1, -0.05) is 29.8 Å². The van der Waals surface area contributed by atoms with Crippen LogP contribution in [0, 0.1) is 0 Å². The normalized spacial score (nSPS) is 11.0. The Labute approximate surface area is 126 Å². The van der Waals surface area contributed by atoms with Gasteiger partial charge in [0.25, 0.3) is 0 Å². The lowest BCUT2D eigenvalue weighted by Crippen LogP contribution is -2.26. The van der Waals surface area contributed by atoms with Gasteiger partial charge in [-0.25, -0.2) is 4.99 Å².